The maximum absolute atomic E-state index is 11.9. The van der Waals surface area contributed by atoms with Crippen molar-refractivity contribution in [3.8, 4) is 5.75 Å². The number of esters is 1. The van der Waals surface area contributed by atoms with Gasteiger partial charge in [0.25, 0.3) is 0 Å². The molecule has 98 valence electrons. The molecule has 0 aliphatic carbocycles. The number of rotatable bonds is 3. The zero-order valence-corrected chi connectivity index (χ0v) is 11.2. The lowest BCUT2D eigenvalue weighted by Crippen LogP contribution is -2.36. The number of carbonyl (C=O) groups excluding carboxylic acids is 1. The van der Waals surface area contributed by atoms with Gasteiger partial charge in [-0.1, -0.05) is 24.6 Å². The van der Waals surface area contributed by atoms with E-state index in [-0.39, 0.29) is 5.97 Å². The van der Waals surface area contributed by atoms with Crippen LogP contribution in [0.4, 0.5) is 0 Å². The average molecular weight is 247 g/mol. The molecule has 0 atom stereocenters. The normalized spacial score (nSPS) is 16.6. The molecule has 1 aromatic carbocycles. The summed E-state index contributed by atoms with van der Waals surface area (Å²) in [6.07, 6.45) is 3.66. The molecule has 3 nitrogen and oxygen atoms in total. The number of ether oxygens (including phenoxy) is 1. The molecule has 1 saturated heterocycles. The van der Waals surface area contributed by atoms with Gasteiger partial charge in [0, 0.05) is 0 Å². The van der Waals surface area contributed by atoms with Crippen molar-refractivity contribution in [1.29, 1.82) is 0 Å². The number of piperidine rings is 1. The molecule has 0 amide bonds. The molecule has 1 aliphatic heterocycles. The van der Waals surface area contributed by atoms with Crippen LogP contribution in [0.15, 0.2) is 18.2 Å². The van der Waals surface area contributed by atoms with E-state index in [4.69, 9.17) is 4.74 Å². The Balaban J connectivity index is 1.94. The van der Waals surface area contributed by atoms with Crippen LogP contribution in [-0.2, 0) is 4.79 Å². The Bertz CT molecular complexity index is 402. The van der Waals surface area contributed by atoms with E-state index >= 15 is 0 Å². The van der Waals surface area contributed by atoms with E-state index < -0.39 is 0 Å². The highest BCUT2D eigenvalue weighted by atomic mass is 16.5. The molecule has 0 saturated carbocycles. The molecule has 1 aliphatic rings. The number of nitrogens with zero attached hydrogens (tertiary/aromatic N) is 1. The van der Waals surface area contributed by atoms with Crippen LogP contribution in [0.2, 0.25) is 0 Å². The van der Waals surface area contributed by atoms with Crippen molar-refractivity contribution < 1.29 is 9.53 Å². The van der Waals surface area contributed by atoms with Crippen LogP contribution in [-0.4, -0.2) is 30.5 Å². The topological polar surface area (TPSA) is 29.5 Å². The number of aryl methyl sites for hydroxylation is 2. The first kappa shape index (κ1) is 13.1. The summed E-state index contributed by atoms with van der Waals surface area (Å²) in [7, 11) is 0. The van der Waals surface area contributed by atoms with Crippen LogP contribution in [0, 0.1) is 13.8 Å². The van der Waals surface area contributed by atoms with Crippen molar-refractivity contribution in [1.82, 2.24) is 4.90 Å². The van der Waals surface area contributed by atoms with Gasteiger partial charge in [0.2, 0.25) is 0 Å². The van der Waals surface area contributed by atoms with Gasteiger partial charge in [-0.2, -0.15) is 0 Å². The molecule has 1 aromatic rings. The Hall–Kier alpha value is -1.35. The molecule has 0 N–H and O–H groups in total. The second-order valence-electron chi connectivity index (χ2n) is 5.03. The summed E-state index contributed by atoms with van der Waals surface area (Å²) in [4.78, 5) is 14.1. The van der Waals surface area contributed by atoms with Gasteiger partial charge in [0.05, 0.1) is 6.54 Å². The smallest absolute Gasteiger partial charge is 0.325 e. The van der Waals surface area contributed by atoms with Crippen molar-refractivity contribution >= 4 is 5.97 Å². The zero-order chi connectivity index (χ0) is 13.0. The van der Waals surface area contributed by atoms with Gasteiger partial charge < -0.3 is 4.74 Å². The average Bonchev–Trinajstić information content (AvgIpc) is 2.35. The minimum absolute atomic E-state index is 0.144. The lowest BCUT2D eigenvalue weighted by Gasteiger charge is -2.25. The van der Waals surface area contributed by atoms with E-state index in [1.165, 1.54) is 19.3 Å². The summed E-state index contributed by atoms with van der Waals surface area (Å²) in [5.74, 6) is 0.578. The first-order valence-corrected chi connectivity index (χ1v) is 6.66. The second-order valence-corrected chi connectivity index (χ2v) is 5.03. The lowest BCUT2D eigenvalue weighted by molar-refractivity contribution is -0.136. The summed E-state index contributed by atoms with van der Waals surface area (Å²) in [5, 5.41) is 0. The minimum atomic E-state index is -0.144. The predicted molar refractivity (Wildman–Crippen MR) is 71.8 cm³/mol. The molecular weight excluding hydrogens is 226 g/mol. The van der Waals surface area contributed by atoms with Crippen molar-refractivity contribution in [2.45, 2.75) is 33.1 Å². The third kappa shape index (κ3) is 3.33. The Morgan fingerprint density at radius 2 is 1.78 bits per heavy atom. The fourth-order valence-corrected chi connectivity index (χ4v) is 2.41. The SMILES string of the molecule is Cc1cccc(C)c1OC(=O)CN1CCCCC1. The highest BCUT2D eigenvalue weighted by molar-refractivity contribution is 5.75. The van der Waals surface area contributed by atoms with Gasteiger partial charge in [-0.3, -0.25) is 9.69 Å². The largest absolute Gasteiger partial charge is 0.425 e. The van der Waals surface area contributed by atoms with Crippen LogP contribution in [0.1, 0.15) is 30.4 Å². The van der Waals surface area contributed by atoms with Crippen LogP contribution < -0.4 is 4.74 Å². The fourth-order valence-electron chi connectivity index (χ4n) is 2.41. The molecule has 0 unspecified atom stereocenters. The highest BCUT2D eigenvalue weighted by Gasteiger charge is 2.16. The maximum Gasteiger partial charge on any atom is 0.325 e. The van der Waals surface area contributed by atoms with E-state index in [1.807, 2.05) is 32.0 Å². The Morgan fingerprint density at radius 1 is 1.17 bits per heavy atom. The molecule has 1 heterocycles. The molecule has 0 bridgehead atoms. The summed E-state index contributed by atoms with van der Waals surface area (Å²) in [6, 6.07) is 5.92. The van der Waals surface area contributed by atoms with E-state index in [0.717, 1.165) is 30.0 Å². The van der Waals surface area contributed by atoms with Crippen LogP contribution in [0.5, 0.6) is 5.75 Å². The van der Waals surface area contributed by atoms with Gasteiger partial charge in [-0.25, -0.2) is 0 Å². The number of para-hydroxylation sites is 1. The first-order chi connectivity index (χ1) is 8.66. The summed E-state index contributed by atoms with van der Waals surface area (Å²) < 4.78 is 5.50. The Labute approximate surface area is 109 Å². The van der Waals surface area contributed by atoms with Crippen molar-refractivity contribution in [3.05, 3.63) is 29.3 Å². The first-order valence-electron chi connectivity index (χ1n) is 6.66. The summed E-state index contributed by atoms with van der Waals surface area (Å²) >= 11 is 0. The van der Waals surface area contributed by atoms with Gasteiger partial charge in [0.15, 0.2) is 0 Å². The van der Waals surface area contributed by atoms with Crippen LogP contribution in [0.3, 0.4) is 0 Å². The molecule has 3 heteroatoms. The minimum Gasteiger partial charge on any atom is -0.425 e. The fraction of sp³-hybridized carbons (Fsp3) is 0.533. The van der Waals surface area contributed by atoms with Crippen molar-refractivity contribution in [2.24, 2.45) is 0 Å². The van der Waals surface area contributed by atoms with Gasteiger partial charge in [-0.15, -0.1) is 0 Å². The molecule has 0 spiro atoms. The predicted octanol–water partition coefficient (Wildman–Crippen LogP) is 2.69. The number of benzene rings is 1. The molecule has 0 radical (unpaired) electrons. The second kappa shape index (κ2) is 6.01. The van der Waals surface area contributed by atoms with E-state index in [9.17, 15) is 4.79 Å². The quantitative estimate of drug-likeness (QED) is 0.607. The monoisotopic (exact) mass is 247 g/mol. The zero-order valence-electron chi connectivity index (χ0n) is 11.2. The van der Waals surface area contributed by atoms with Gasteiger partial charge >= 0.3 is 5.97 Å². The molecule has 0 aromatic heterocycles. The molecule has 18 heavy (non-hydrogen) atoms. The van der Waals surface area contributed by atoms with E-state index in [0.29, 0.717) is 6.54 Å². The molecule has 2 rings (SSSR count). The maximum atomic E-state index is 11.9. The standard InChI is InChI=1S/C15H21NO2/c1-12-7-6-8-13(2)15(12)18-14(17)11-16-9-4-3-5-10-16/h6-8H,3-5,9-11H2,1-2H3. The van der Waals surface area contributed by atoms with E-state index in [1.54, 1.807) is 0 Å². The lowest BCUT2D eigenvalue weighted by atomic mass is 10.1. The molecular formula is C15H21NO2. The van der Waals surface area contributed by atoms with Crippen molar-refractivity contribution in [2.75, 3.05) is 19.6 Å². The Morgan fingerprint density at radius 3 is 2.39 bits per heavy atom. The van der Waals surface area contributed by atoms with E-state index in [2.05, 4.69) is 4.90 Å². The third-order valence-corrected chi connectivity index (χ3v) is 3.43. The number of hydrogen-bond acceptors (Lipinski definition) is 3. The van der Waals surface area contributed by atoms with Crippen LogP contribution in [0.25, 0.3) is 0 Å². The third-order valence-electron chi connectivity index (χ3n) is 3.43. The summed E-state index contributed by atoms with van der Waals surface area (Å²) in [6.45, 7) is 6.38. The highest BCUT2D eigenvalue weighted by Crippen LogP contribution is 2.22. The van der Waals surface area contributed by atoms with Crippen LogP contribution >= 0.6 is 0 Å². The Kier molecular flexibility index (Phi) is 4.37. The van der Waals surface area contributed by atoms with Crippen molar-refractivity contribution in [3.63, 3.8) is 0 Å². The number of carbonyl (C=O) groups is 1. The molecule has 1 fully saturated rings. The number of hydrogen-bond donors (Lipinski definition) is 0. The number of likely N-dealkylation sites (tertiary alicyclic amines) is 1. The van der Waals surface area contributed by atoms with Gasteiger partial charge in [-0.05, 0) is 50.9 Å². The summed E-state index contributed by atoms with van der Waals surface area (Å²) in [5.41, 5.74) is 2.03. The van der Waals surface area contributed by atoms with Gasteiger partial charge in [0.1, 0.15) is 5.75 Å².